The maximum Gasteiger partial charge on any atom is 0.252 e. The van der Waals surface area contributed by atoms with Crippen LogP contribution in [0.3, 0.4) is 0 Å². The second-order valence-corrected chi connectivity index (χ2v) is 8.88. The Balaban J connectivity index is 1.63. The molecule has 0 saturated heterocycles. The van der Waals surface area contributed by atoms with Gasteiger partial charge in [-0.1, -0.05) is 62.4 Å². The lowest BCUT2D eigenvalue weighted by Gasteiger charge is -2.23. The van der Waals surface area contributed by atoms with E-state index in [4.69, 9.17) is 0 Å². The number of benzene rings is 3. The number of hydrogen-bond donors (Lipinski definition) is 1. The SMILES string of the molecule is Cc1ccc2cc(CN(Cc3ccc(F)cc3)Cc3ccc(C(C)C)cc3)c(=O)[nH]c2c1. The van der Waals surface area contributed by atoms with Crippen LogP contribution in [0.4, 0.5) is 4.39 Å². The van der Waals surface area contributed by atoms with E-state index in [9.17, 15) is 9.18 Å². The third kappa shape index (κ3) is 5.32. The summed E-state index contributed by atoms with van der Waals surface area (Å²) in [6.07, 6.45) is 0. The summed E-state index contributed by atoms with van der Waals surface area (Å²) < 4.78 is 13.4. The Morgan fingerprint density at radius 3 is 2.09 bits per heavy atom. The molecule has 1 heterocycles. The summed E-state index contributed by atoms with van der Waals surface area (Å²) in [5.74, 6) is 0.241. The van der Waals surface area contributed by atoms with Crippen LogP contribution in [0.5, 0.6) is 0 Å². The lowest BCUT2D eigenvalue weighted by atomic mass is 10.0. The first-order valence-electron chi connectivity index (χ1n) is 11.1. The van der Waals surface area contributed by atoms with Gasteiger partial charge in [-0.05, 0) is 64.7 Å². The van der Waals surface area contributed by atoms with Crippen LogP contribution in [-0.4, -0.2) is 9.88 Å². The molecule has 164 valence electrons. The van der Waals surface area contributed by atoms with Crippen LogP contribution in [0, 0.1) is 12.7 Å². The van der Waals surface area contributed by atoms with E-state index in [1.54, 1.807) is 12.1 Å². The Kier molecular flexibility index (Phi) is 6.52. The van der Waals surface area contributed by atoms with E-state index in [0.717, 1.165) is 27.6 Å². The van der Waals surface area contributed by atoms with Crippen LogP contribution in [0.15, 0.2) is 77.6 Å². The number of H-pyrrole nitrogens is 1. The van der Waals surface area contributed by atoms with Gasteiger partial charge in [0.2, 0.25) is 0 Å². The fourth-order valence-corrected chi connectivity index (χ4v) is 4.00. The zero-order chi connectivity index (χ0) is 22.7. The molecule has 4 aromatic rings. The smallest absolute Gasteiger partial charge is 0.252 e. The van der Waals surface area contributed by atoms with E-state index < -0.39 is 0 Å². The van der Waals surface area contributed by atoms with Gasteiger partial charge in [-0.15, -0.1) is 0 Å². The molecule has 0 amide bonds. The van der Waals surface area contributed by atoms with Crippen LogP contribution in [-0.2, 0) is 19.6 Å². The second-order valence-electron chi connectivity index (χ2n) is 8.88. The molecule has 3 aromatic carbocycles. The Bertz CT molecular complexity index is 1260. The van der Waals surface area contributed by atoms with Gasteiger partial charge in [-0.25, -0.2) is 4.39 Å². The molecule has 32 heavy (non-hydrogen) atoms. The number of aromatic nitrogens is 1. The summed E-state index contributed by atoms with van der Waals surface area (Å²) in [6, 6.07) is 23.3. The molecule has 4 rings (SSSR count). The molecular formula is C28H29FN2O. The minimum absolute atomic E-state index is 0.0673. The Morgan fingerprint density at radius 1 is 0.844 bits per heavy atom. The Hall–Kier alpha value is -3.24. The normalized spacial score (nSPS) is 11.6. The molecule has 1 N–H and O–H groups in total. The van der Waals surface area contributed by atoms with Crippen molar-refractivity contribution in [1.29, 1.82) is 0 Å². The average Bonchev–Trinajstić information content (AvgIpc) is 2.76. The number of rotatable bonds is 7. The highest BCUT2D eigenvalue weighted by Gasteiger charge is 2.13. The van der Waals surface area contributed by atoms with Crippen molar-refractivity contribution < 1.29 is 4.39 Å². The summed E-state index contributed by atoms with van der Waals surface area (Å²) in [5, 5.41) is 1.02. The van der Waals surface area contributed by atoms with Crippen molar-refractivity contribution in [2.24, 2.45) is 0 Å². The van der Waals surface area contributed by atoms with Gasteiger partial charge in [0.15, 0.2) is 0 Å². The number of nitrogens with one attached hydrogen (secondary N) is 1. The molecule has 3 nitrogen and oxygen atoms in total. The van der Waals surface area contributed by atoms with Gasteiger partial charge in [0.25, 0.3) is 5.56 Å². The fourth-order valence-electron chi connectivity index (χ4n) is 4.00. The summed E-state index contributed by atoms with van der Waals surface area (Å²) in [4.78, 5) is 18.1. The number of pyridine rings is 1. The van der Waals surface area contributed by atoms with E-state index in [-0.39, 0.29) is 11.4 Å². The highest BCUT2D eigenvalue weighted by atomic mass is 19.1. The summed E-state index contributed by atoms with van der Waals surface area (Å²) in [5.41, 5.74) is 6.13. The molecule has 0 spiro atoms. The Labute approximate surface area is 188 Å². The van der Waals surface area contributed by atoms with Crippen LogP contribution >= 0.6 is 0 Å². The number of aromatic amines is 1. The number of halogens is 1. The Morgan fingerprint density at radius 2 is 1.47 bits per heavy atom. The zero-order valence-corrected chi connectivity index (χ0v) is 18.9. The summed E-state index contributed by atoms with van der Waals surface area (Å²) >= 11 is 0. The maximum atomic E-state index is 13.4. The molecular weight excluding hydrogens is 399 g/mol. The molecule has 0 bridgehead atoms. The molecule has 4 heteroatoms. The zero-order valence-electron chi connectivity index (χ0n) is 18.9. The third-order valence-electron chi connectivity index (χ3n) is 5.84. The molecule has 0 aliphatic heterocycles. The summed E-state index contributed by atoms with van der Waals surface area (Å²) in [6.45, 7) is 8.20. The van der Waals surface area contributed by atoms with Crippen molar-refractivity contribution in [2.75, 3.05) is 0 Å². The molecule has 1 aromatic heterocycles. The molecule has 0 fully saturated rings. The average molecular weight is 429 g/mol. The first-order chi connectivity index (χ1) is 15.4. The van der Waals surface area contributed by atoms with Gasteiger partial charge < -0.3 is 4.98 Å². The van der Waals surface area contributed by atoms with Crippen molar-refractivity contribution in [2.45, 2.75) is 46.3 Å². The standard InChI is InChI=1S/C28H29FN2O/c1-19(2)23-10-5-21(6-11-23)16-31(17-22-7-12-26(29)13-8-22)18-25-15-24-9-4-20(3)14-27(24)30-28(25)32/h4-15,19H,16-18H2,1-3H3,(H,30,32). The lowest BCUT2D eigenvalue weighted by molar-refractivity contribution is 0.246. The van der Waals surface area contributed by atoms with Gasteiger partial charge in [0.05, 0.1) is 0 Å². The second kappa shape index (κ2) is 9.49. The molecule has 0 aliphatic rings. The van der Waals surface area contributed by atoms with Crippen LogP contribution in [0.1, 0.15) is 47.6 Å². The van der Waals surface area contributed by atoms with Crippen molar-refractivity contribution in [3.8, 4) is 0 Å². The molecule has 0 aliphatic carbocycles. The highest BCUT2D eigenvalue weighted by molar-refractivity contribution is 5.79. The van der Waals surface area contributed by atoms with E-state index >= 15 is 0 Å². The van der Waals surface area contributed by atoms with E-state index in [2.05, 4.69) is 54.1 Å². The quantitative estimate of drug-likeness (QED) is 0.375. The van der Waals surface area contributed by atoms with E-state index in [0.29, 0.717) is 25.6 Å². The first kappa shape index (κ1) is 22.0. The third-order valence-corrected chi connectivity index (χ3v) is 5.84. The van der Waals surface area contributed by atoms with Gasteiger partial charge in [-0.2, -0.15) is 0 Å². The fraction of sp³-hybridized carbons (Fsp3) is 0.250. The molecule has 0 unspecified atom stereocenters. The highest BCUT2D eigenvalue weighted by Crippen LogP contribution is 2.19. The predicted molar refractivity (Wildman–Crippen MR) is 129 cm³/mol. The molecule has 0 radical (unpaired) electrons. The number of fused-ring (bicyclic) bond motifs is 1. The molecule has 0 atom stereocenters. The topological polar surface area (TPSA) is 36.1 Å². The van der Waals surface area contributed by atoms with Crippen LogP contribution in [0.25, 0.3) is 10.9 Å². The lowest BCUT2D eigenvalue weighted by Crippen LogP contribution is -2.26. The van der Waals surface area contributed by atoms with Gasteiger partial charge in [-0.3, -0.25) is 9.69 Å². The first-order valence-corrected chi connectivity index (χ1v) is 11.1. The van der Waals surface area contributed by atoms with Crippen molar-refractivity contribution in [3.05, 3.63) is 117 Å². The van der Waals surface area contributed by atoms with Crippen LogP contribution in [0.2, 0.25) is 0 Å². The largest absolute Gasteiger partial charge is 0.322 e. The number of nitrogens with zero attached hydrogens (tertiary/aromatic N) is 1. The minimum atomic E-state index is -0.245. The monoisotopic (exact) mass is 428 g/mol. The van der Waals surface area contributed by atoms with Crippen molar-refractivity contribution in [1.82, 2.24) is 9.88 Å². The summed E-state index contributed by atoms with van der Waals surface area (Å²) in [7, 11) is 0. The van der Waals surface area contributed by atoms with E-state index in [1.807, 2.05) is 25.1 Å². The van der Waals surface area contributed by atoms with Crippen molar-refractivity contribution in [3.63, 3.8) is 0 Å². The van der Waals surface area contributed by atoms with Crippen molar-refractivity contribution >= 4 is 10.9 Å². The van der Waals surface area contributed by atoms with Gasteiger partial charge in [0, 0.05) is 30.7 Å². The van der Waals surface area contributed by atoms with Gasteiger partial charge in [0.1, 0.15) is 5.82 Å². The molecule has 0 saturated carbocycles. The van der Waals surface area contributed by atoms with Crippen LogP contribution < -0.4 is 5.56 Å². The number of aryl methyl sites for hydroxylation is 1. The van der Waals surface area contributed by atoms with E-state index in [1.165, 1.54) is 23.3 Å². The number of hydrogen-bond acceptors (Lipinski definition) is 2. The maximum absolute atomic E-state index is 13.4. The van der Waals surface area contributed by atoms with Gasteiger partial charge >= 0.3 is 0 Å². The predicted octanol–water partition coefficient (Wildman–Crippen LogP) is 6.30. The minimum Gasteiger partial charge on any atom is -0.322 e.